The van der Waals surface area contributed by atoms with Gasteiger partial charge in [0.25, 0.3) is 0 Å². The molecule has 1 heterocycles. The summed E-state index contributed by atoms with van der Waals surface area (Å²) < 4.78 is 12.1. The van der Waals surface area contributed by atoms with Crippen molar-refractivity contribution in [2.24, 2.45) is 0 Å². The molecule has 3 rings (SSSR count). The van der Waals surface area contributed by atoms with E-state index in [1.54, 1.807) is 0 Å². The zero-order valence-corrected chi connectivity index (χ0v) is 12.4. The van der Waals surface area contributed by atoms with Crippen LogP contribution in [0.3, 0.4) is 0 Å². The fourth-order valence-electron chi connectivity index (χ4n) is 2.62. The fraction of sp³-hybridized carbons (Fsp3) is 0.333. The lowest BCUT2D eigenvalue weighted by molar-refractivity contribution is -0.146. The fourth-order valence-corrected chi connectivity index (χ4v) is 2.62. The Kier molecular flexibility index (Phi) is 3.81. The van der Waals surface area contributed by atoms with Crippen LogP contribution < -0.4 is 0 Å². The zero-order valence-electron chi connectivity index (χ0n) is 12.4. The number of hydrogen-bond donors (Lipinski definition) is 1. The van der Waals surface area contributed by atoms with E-state index >= 15 is 0 Å². The number of hydrogen-bond acceptors (Lipinski definition) is 3. The lowest BCUT2D eigenvalue weighted by atomic mass is 9.95. The van der Waals surface area contributed by atoms with Crippen molar-refractivity contribution in [3.05, 3.63) is 70.8 Å². The molecule has 0 amide bonds. The summed E-state index contributed by atoms with van der Waals surface area (Å²) in [4.78, 5) is 0. The number of ether oxygens (including phenoxy) is 2. The van der Waals surface area contributed by atoms with E-state index in [0.29, 0.717) is 6.61 Å². The van der Waals surface area contributed by atoms with Crippen LogP contribution in [0.1, 0.15) is 22.3 Å². The molecule has 0 bridgehead atoms. The number of benzene rings is 2. The molecule has 0 aromatic heterocycles. The largest absolute Gasteiger partial charge is 0.394 e. The summed E-state index contributed by atoms with van der Waals surface area (Å²) in [6, 6.07) is 16.3. The maximum absolute atomic E-state index is 9.38. The molecule has 0 radical (unpaired) electrons. The Morgan fingerprint density at radius 2 is 1.43 bits per heavy atom. The minimum absolute atomic E-state index is 0.0422. The van der Waals surface area contributed by atoms with Crippen LogP contribution in [-0.2, 0) is 15.3 Å². The molecule has 1 atom stereocenters. The van der Waals surface area contributed by atoms with Crippen LogP contribution in [-0.4, -0.2) is 24.4 Å². The zero-order chi connectivity index (χ0) is 14.9. The van der Waals surface area contributed by atoms with Crippen LogP contribution in [0.4, 0.5) is 0 Å². The molecule has 0 aliphatic carbocycles. The van der Waals surface area contributed by atoms with Gasteiger partial charge in [0.15, 0.2) is 0 Å². The molecule has 3 heteroatoms. The lowest BCUT2D eigenvalue weighted by Gasteiger charge is -2.29. The highest BCUT2D eigenvalue weighted by atomic mass is 16.7. The lowest BCUT2D eigenvalue weighted by Crippen LogP contribution is -2.30. The number of aliphatic hydroxyl groups is 1. The molecule has 1 saturated heterocycles. The highest BCUT2D eigenvalue weighted by Gasteiger charge is 2.44. The Balaban J connectivity index is 2.07. The van der Waals surface area contributed by atoms with Crippen LogP contribution >= 0.6 is 0 Å². The highest BCUT2D eigenvalue weighted by molar-refractivity contribution is 5.37. The molecule has 1 aliphatic heterocycles. The van der Waals surface area contributed by atoms with Gasteiger partial charge in [-0.3, -0.25) is 0 Å². The smallest absolute Gasteiger partial charge is 0.222 e. The molecule has 1 fully saturated rings. The van der Waals surface area contributed by atoms with Crippen molar-refractivity contribution >= 4 is 0 Å². The minimum atomic E-state index is -0.922. The van der Waals surface area contributed by atoms with Gasteiger partial charge in [-0.25, -0.2) is 0 Å². The molecule has 1 unspecified atom stereocenters. The summed E-state index contributed by atoms with van der Waals surface area (Å²) >= 11 is 0. The maximum Gasteiger partial charge on any atom is 0.222 e. The van der Waals surface area contributed by atoms with E-state index in [4.69, 9.17) is 9.47 Å². The van der Waals surface area contributed by atoms with E-state index in [2.05, 4.69) is 13.8 Å². The van der Waals surface area contributed by atoms with Crippen molar-refractivity contribution in [2.75, 3.05) is 13.2 Å². The van der Waals surface area contributed by atoms with E-state index in [1.807, 2.05) is 48.5 Å². The quantitative estimate of drug-likeness (QED) is 0.942. The van der Waals surface area contributed by atoms with Crippen molar-refractivity contribution in [1.82, 2.24) is 0 Å². The van der Waals surface area contributed by atoms with Crippen LogP contribution in [0.25, 0.3) is 0 Å². The molecule has 110 valence electrons. The molecule has 1 N–H and O–H groups in total. The van der Waals surface area contributed by atoms with E-state index in [0.717, 1.165) is 11.1 Å². The van der Waals surface area contributed by atoms with Gasteiger partial charge >= 0.3 is 0 Å². The van der Waals surface area contributed by atoms with Gasteiger partial charge in [-0.15, -0.1) is 0 Å². The Morgan fingerprint density at radius 3 is 1.81 bits per heavy atom. The molecule has 0 saturated carbocycles. The third kappa shape index (κ3) is 2.60. The maximum atomic E-state index is 9.38. The third-order valence-corrected chi connectivity index (χ3v) is 3.87. The Bertz CT molecular complexity index is 556. The van der Waals surface area contributed by atoms with Crippen molar-refractivity contribution < 1.29 is 14.6 Å². The second-order valence-electron chi connectivity index (χ2n) is 5.58. The number of aliphatic hydroxyl groups excluding tert-OH is 1. The van der Waals surface area contributed by atoms with Gasteiger partial charge in [0.1, 0.15) is 6.10 Å². The Labute approximate surface area is 125 Å². The van der Waals surface area contributed by atoms with Crippen LogP contribution in [0.2, 0.25) is 0 Å². The second-order valence-corrected chi connectivity index (χ2v) is 5.58. The SMILES string of the molecule is Cc1ccc(C2(c3ccc(C)cc3)OCC(CO)O2)cc1. The topological polar surface area (TPSA) is 38.7 Å². The highest BCUT2D eigenvalue weighted by Crippen LogP contribution is 2.40. The standard InChI is InChI=1S/C18H20O3/c1-13-3-7-15(8-4-13)18(20-12-17(11-19)21-18)16-9-5-14(2)6-10-16/h3-10,17,19H,11-12H2,1-2H3. The first-order valence-corrected chi connectivity index (χ1v) is 7.21. The second kappa shape index (κ2) is 5.60. The van der Waals surface area contributed by atoms with Crippen molar-refractivity contribution in [3.63, 3.8) is 0 Å². The van der Waals surface area contributed by atoms with E-state index < -0.39 is 5.79 Å². The van der Waals surface area contributed by atoms with Gasteiger partial charge in [-0.05, 0) is 13.8 Å². The first-order chi connectivity index (χ1) is 10.1. The summed E-state index contributed by atoms with van der Waals surface area (Å²) in [6.45, 7) is 4.45. The Morgan fingerprint density at radius 1 is 0.952 bits per heavy atom. The average molecular weight is 284 g/mol. The van der Waals surface area contributed by atoms with Crippen LogP contribution in [0.15, 0.2) is 48.5 Å². The van der Waals surface area contributed by atoms with Gasteiger partial charge in [0.05, 0.1) is 13.2 Å². The summed E-state index contributed by atoms with van der Waals surface area (Å²) in [5, 5.41) is 9.38. The number of rotatable bonds is 3. The minimum Gasteiger partial charge on any atom is -0.394 e. The van der Waals surface area contributed by atoms with Crippen molar-refractivity contribution in [1.29, 1.82) is 0 Å². The van der Waals surface area contributed by atoms with Gasteiger partial charge in [-0.1, -0.05) is 59.7 Å². The molecular weight excluding hydrogens is 264 g/mol. The predicted molar refractivity (Wildman–Crippen MR) is 81.0 cm³/mol. The van der Waals surface area contributed by atoms with Crippen LogP contribution in [0, 0.1) is 13.8 Å². The van der Waals surface area contributed by atoms with Gasteiger partial charge < -0.3 is 14.6 Å². The van der Waals surface area contributed by atoms with Gasteiger partial charge in [0.2, 0.25) is 5.79 Å². The van der Waals surface area contributed by atoms with E-state index in [-0.39, 0.29) is 12.7 Å². The molecule has 21 heavy (non-hydrogen) atoms. The predicted octanol–water partition coefficient (Wildman–Crippen LogP) is 2.91. The number of aryl methyl sites for hydroxylation is 2. The molecule has 1 aliphatic rings. The Hall–Kier alpha value is -1.68. The van der Waals surface area contributed by atoms with E-state index in [9.17, 15) is 5.11 Å². The third-order valence-electron chi connectivity index (χ3n) is 3.87. The molecule has 2 aromatic rings. The monoisotopic (exact) mass is 284 g/mol. The average Bonchev–Trinajstić information content (AvgIpc) is 2.94. The first kappa shape index (κ1) is 14.3. The summed E-state index contributed by atoms with van der Waals surface area (Å²) in [5.41, 5.74) is 4.28. The van der Waals surface area contributed by atoms with Gasteiger partial charge in [0, 0.05) is 11.1 Å². The summed E-state index contributed by atoms with van der Waals surface area (Å²) in [6.07, 6.45) is -0.299. The summed E-state index contributed by atoms with van der Waals surface area (Å²) in [7, 11) is 0. The van der Waals surface area contributed by atoms with E-state index in [1.165, 1.54) is 11.1 Å². The van der Waals surface area contributed by atoms with Crippen molar-refractivity contribution in [2.45, 2.75) is 25.7 Å². The molecular formula is C18H20O3. The van der Waals surface area contributed by atoms with Crippen molar-refractivity contribution in [3.8, 4) is 0 Å². The summed E-state index contributed by atoms with van der Waals surface area (Å²) in [5.74, 6) is -0.922. The van der Waals surface area contributed by atoms with Crippen LogP contribution in [0.5, 0.6) is 0 Å². The molecule has 2 aromatic carbocycles. The normalized spacial score (nSPS) is 20.6. The molecule has 3 nitrogen and oxygen atoms in total. The molecule has 0 spiro atoms. The first-order valence-electron chi connectivity index (χ1n) is 7.21. The van der Waals surface area contributed by atoms with Gasteiger partial charge in [-0.2, -0.15) is 0 Å².